The van der Waals surface area contributed by atoms with Crippen LogP contribution in [0.4, 0.5) is 4.39 Å². The van der Waals surface area contributed by atoms with Crippen LogP contribution in [0.1, 0.15) is 18.9 Å². The van der Waals surface area contributed by atoms with Gasteiger partial charge in [0, 0.05) is 11.6 Å². The Balaban J connectivity index is 1.69. The lowest BCUT2D eigenvalue weighted by molar-refractivity contribution is -0.127. The van der Waals surface area contributed by atoms with E-state index in [4.69, 9.17) is 16.3 Å². The van der Waals surface area contributed by atoms with Gasteiger partial charge in [0.2, 0.25) is 0 Å². The van der Waals surface area contributed by atoms with Gasteiger partial charge in [-0.15, -0.1) is 0 Å². The Morgan fingerprint density at radius 2 is 1.83 bits per heavy atom. The normalized spacial score (nSPS) is 11.8. The number of halogens is 2. The van der Waals surface area contributed by atoms with E-state index < -0.39 is 6.10 Å². The molecule has 0 aliphatic carbocycles. The number of ether oxygens (including phenoxy) is 1. The van der Waals surface area contributed by atoms with Gasteiger partial charge in [0.05, 0.1) is 0 Å². The van der Waals surface area contributed by atoms with Crippen molar-refractivity contribution in [3.63, 3.8) is 0 Å². The molecule has 2 rings (SSSR count). The fourth-order valence-corrected chi connectivity index (χ4v) is 2.20. The van der Waals surface area contributed by atoms with Crippen molar-refractivity contribution < 1.29 is 13.9 Å². The van der Waals surface area contributed by atoms with Gasteiger partial charge in [0.15, 0.2) is 6.10 Å². The molecule has 2 aromatic carbocycles. The smallest absolute Gasteiger partial charge is 0.260 e. The summed E-state index contributed by atoms with van der Waals surface area (Å²) < 4.78 is 18.3. The summed E-state index contributed by atoms with van der Waals surface area (Å²) >= 11 is 5.83. The van der Waals surface area contributed by atoms with Gasteiger partial charge < -0.3 is 10.1 Å². The zero-order valence-electron chi connectivity index (χ0n) is 12.9. The SMILES string of the molecule is C[C@H](Oc1ccc(F)cc1)C(=O)NCCCc1ccc(Cl)cc1. The molecule has 23 heavy (non-hydrogen) atoms. The third-order valence-electron chi connectivity index (χ3n) is 3.35. The van der Waals surface area contributed by atoms with Crippen LogP contribution in [0.2, 0.25) is 5.02 Å². The summed E-state index contributed by atoms with van der Waals surface area (Å²) in [4.78, 5) is 11.9. The largest absolute Gasteiger partial charge is 0.481 e. The van der Waals surface area contributed by atoms with Crippen molar-refractivity contribution in [2.24, 2.45) is 0 Å². The number of carbonyl (C=O) groups is 1. The van der Waals surface area contributed by atoms with E-state index >= 15 is 0 Å². The Hall–Kier alpha value is -2.07. The lowest BCUT2D eigenvalue weighted by atomic mass is 10.1. The molecule has 2 aromatic rings. The Morgan fingerprint density at radius 1 is 1.17 bits per heavy atom. The number of benzene rings is 2. The van der Waals surface area contributed by atoms with Gasteiger partial charge in [-0.05, 0) is 61.7 Å². The number of nitrogens with one attached hydrogen (secondary N) is 1. The van der Waals surface area contributed by atoms with E-state index in [1.54, 1.807) is 6.92 Å². The van der Waals surface area contributed by atoms with Gasteiger partial charge >= 0.3 is 0 Å². The maximum atomic E-state index is 12.8. The van der Waals surface area contributed by atoms with Crippen molar-refractivity contribution >= 4 is 17.5 Å². The molecule has 0 bridgehead atoms. The summed E-state index contributed by atoms with van der Waals surface area (Å²) in [6, 6.07) is 13.3. The minimum atomic E-state index is -0.629. The molecule has 0 saturated heterocycles. The molecule has 3 nitrogen and oxygen atoms in total. The highest BCUT2D eigenvalue weighted by atomic mass is 35.5. The van der Waals surface area contributed by atoms with Crippen LogP contribution in [0.5, 0.6) is 5.75 Å². The van der Waals surface area contributed by atoms with Crippen molar-refractivity contribution in [1.29, 1.82) is 0 Å². The van der Waals surface area contributed by atoms with Crippen molar-refractivity contribution in [3.05, 3.63) is 64.9 Å². The van der Waals surface area contributed by atoms with Gasteiger partial charge in [-0.1, -0.05) is 23.7 Å². The molecule has 0 aliphatic heterocycles. The molecule has 1 atom stereocenters. The summed E-state index contributed by atoms with van der Waals surface area (Å²) in [6.45, 7) is 2.23. The lowest BCUT2D eigenvalue weighted by Gasteiger charge is -2.14. The Labute approximate surface area is 140 Å². The highest BCUT2D eigenvalue weighted by Crippen LogP contribution is 2.13. The number of rotatable bonds is 7. The van der Waals surface area contributed by atoms with Crippen LogP contribution < -0.4 is 10.1 Å². The number of carbonyl (C=O) groups excluding carboxylic acids is 1. The maximum Gasteiger partial charge on any atom is 0.260 e. The van der Waals surface area contributed by atoms with E-state index in [0.29, 0.717) is 17.3 Å². The zero-order chi connectivity index (χ0) is 16.7. The van der Waals surface area contributed by atoms with Gasteiger partial charge in [-0.3, -0.25) is 4.79 Å². The molecule has 5 heteroatoms. The molecule has 0 spiro atoms. The van der Waals surface area contributed by atoms with Crippen molar-refractivity contribution in [3.8, 4) is 5.75 Å². The van der Waals surface area contributed by atoms with Crippen LogP contribution in [0.15, 0.2) is 48.5 Å². The molecule has 0 saturated carbocycles. The molecule has 0 unspecified atom stereocenters. The van der Waals surface area contributed by atoms with E-state index in [1.807, 2.05) is 24.3 Å². The second-order valence-corrected chi connectivity index (χ2v) is 5.67. The summed E-state index contributed by atoms with van der Waals surface area (Å²) in [5.41, 5.74) is 1.18. The standard InChI is InChI=1S/C18H19ClFNO2/c1-13(23-17-10-8-16(20)9-11-17)18(22)21-12-2-3-14-4-6-15(19)7-5-14/h4-11,13H,2-3,12H2,1H3,(H,21,22)/t13-/m0/s1. The molecule has 0 radical (unpaired) electrons. The van der Waals surface area contributed by atoms with Crippen LogP contribution >= 0.6 is 11.6 Å². The van der Waals surface area contributed by atoms with Crippen LogP contribution in [0, 0.1) is 5.82 Å². The first-order valence-electron chi connectivity index (χ1n) is 7.49. The molecule has 1 amide bonds. The number of aryl methyl sites for hydroxylation is 1. The fraction of sp³-hybridized carbons (Fsp3) is 0.278. The molecule has 1 N–H and O–H groups in total. The predicted octanol–water partition coefficient (Wildman–Crippen LogP) is 4.00. The molecule has 122 valence electrons. The third-order valence-corrected chi connectivity index (χ3v) is 3.60. The summed E-state index contributed by atoms with van der Waals surface area (Å²) in [5, 5.41) is 3.55. The minimum absolute atomic E-state index is 0.189. The van der Waals surface area contributed by atoms with E-state index in [-0.39, 0.29) is 11.7 Å². The summed E-state index contributed by atoms with van der Waals surface area (Å²) in [7, 11) is 0. The first-order valence-corrected chi connectivity index (χ1v) is 7.87. The lowest BCUT2D eigenvalue weighted by Crippen LogP contribution is -2.36. The molecule has 0 heterocycles. The average molecular weight is 336 g/mol. The number of amides is 1. The predicted molar refractivity (Wildman–Crippen MR) is 89.3 cm³/mol. The first-order chi connectivity index (χ1) is 11.0. The second-order valence-electron chi connectivity index (χ2n) is 5.24. The van der Waals surface area contributed by atoms with Crippen molar-refractivity contribution in [2.75, 3.05) is 6.54 Å². The average Bonchev–Trinajstić information content (AvgIpc) is 2.55. The molecular formula is C18H19ClFNO2. The van der Waals surface area contributed by atoms with Crippen LogP contribution in [0.3, 0.4) is 0 Å². The van der Waals surface area contributed by atoms with Gasteiger partial charge in [0.25, 0.3) is 5.91 Å². The van der Waals surface area contributed by atoms with E-state index in [1.165, 1.54) is 29.8 Å². The van der Waals surface area contributed by atoms with E-state index in [9.17, 15) is 9.18 Å². The quantitative estimate of drug-likeness (QED) is 0.777. The highest BCUT2D eigenvalue weighted by Gasteiger charge is 2.13. The maximum absolute atomic E-state index is 12.8. The summed E-state index contributed by atoms with van der Waals surface area (Å²) in [5.74, 6) is -0.0581. The third kappa shape index (κ3) is 5.91. The Kier molecular flexibility index (Phi) is 6.41. The molecular weight excluding hydrogens is 317 g/mol. The molecule has 0 fully saturated rings. The van der Waals surface area contributed by atoms with E-state index in [0.717, 1.165) is 12.8 Å². The monoisotopic (exact) mass is 335 g/mol. The second kappa shape index (κ2) is 8.53. The first kappa shape index (κ1) is 17.3. The van der Waals surface area contributed by atoms with Crippen molar-refractivity contribution in [2.45, 2.75) is 25.9 Å². The Bertz CT molecular complexity index is 628. The van der Waals surface area contributed by atoms with Crippen LogP contribution in [-0.4, -0.2) is 18.6 Å². The molecule has 0 aliphatic rings. The molecule has 0 aromatic heterocycles. The highest BCUT2D eigenvalue weighted by molar-refractivity contribution is 6.30. The fourth-order valence-electron chi connectivity index (χ4n) is 2.07. The van der Waals surface area contributed by atoms with Crippen LogP contribution in [0.25, 0.3) is 0 Å². The van der Waals surface area contributed by atoms with Gasteiger partial charge in [0.1, 0.15) is 11.6 Å². The van der Waals surface area contributed by atoms with Crippen LogP contribution in [-0.2, 0) is 11.2 Å². The number of hydrogen-bond donors (Lipinski definition) is 1. The van der Waals surface area contributed by atoms with E-state index in [2.05, 4.69) is 5.32 Å². The zero-order valence-corrected chi connectivity index (χ0v) is 13.6. The summed E-state index contributed by atoms with van der Waals surface area (Å²) in [6.07, 6.45) is 1.07. The minimum Gasteiger partial charge on any atom is -0.481 e. The Morgan fingerprint density at radius 3 is 2.48 bits per heavy atom. The topological polar surface area (TPSA) is 38.3 Å². The van der Waals surface area contributed by atoms with Gasteiger partial charge in [-0.2, -0.15) is 0 Å². The number of hydrogen-bond acceptors (Lipinski definition) is 2. The van der Waals surface area contributed by atoms with Crippen molar-refractivity contribution in [1.82, 2.24) is 5.32 Å². The van der Waals surface area contributed by atoms with Gasteiger partial charge in [-0.25, -0.2) is 4.39 Å².